The molecule has 0 aliphatic rings. The average molecular weight is 820 g/mol. The topological polar surface area (TPSA) is 304 Å². The van der Waals surface area contributed by atoms with Crippen molar-refractivity contribution in [1.82, 2.24) is 19.9 Å². The van der Waals surface area contributed by atoms with Crippen molar-refractivity contribution in [3.05, 3.63) is 137 Å². The number of aryl methyl sites for hydroxylation is 2. The molecule has 0 saturated carbocycles. The van der Waals surface area contributed by atoms with Crippen molar-refractivity contribution >= 4 is 49.1 Å². The standard InChI is InChI=1S/C19H17FN4O3S.C12H11N3O2.C6H7FN2O2S/c1-11-2-5-13(6-3-11)15-10-23-19(21)18(24-15)16(25)9-12-4-7-17(14(20)8-12)28(22,26)27;1-7-2-4-8(5-3-7)9-6-14-11(13)10(15-9)12(16)17;7-5-3-4(8)1-2-6(5)12(9,10)11/h2-8,10H,9H2,1H3,(H2,21,23)(H2,22,26,27);2-6H,1H3,(H2,13,14)(H,16,17);1-3H,8H2,(H2,9,10,11). The minimum Gasteiger partial charge on any atom is -0.476 e. The van der Waals surface area contributed by atoms with Gasteiger partial charge in [-0.15, -0.1) is 0 Å². The Bertz CT molecular complexity index is 2680. The summed E-state index contributed by atoms with van der Waals surface area (Å²) in [6, 6.07) is 21.6. The van der Waals surface area contributed by atoms with Crippen LogP contribution in [-0.2, 0) is 26.5 Å². The van der Waals surface area contributed by atoms with Crippen LogP contribution < -0.4 is 27.5 Å². The van der Waals surface area contributed by atoms with E-state index in [1.165, 1.54) is 24.5 Å². The van der Waals surface area contributed by atoms with Crippen LogP contribution in [0, 0.1) is 25.5 Å². The van der Waals surface area contributed by atoms with Crippen molar-refractivity contribution in [1.29, 1.82) is 0 Å². The number of ketones is 1. The van der Waals surface area contributed by atoms with Crippen LogP contribution in [0.3, 0.4) is 0 Å². The number of halogens is 2. The zero-order valence-electron chi connectivity index (χ0n) is 30.1. The number of primary sulfonamides is 2. The van der Waals surface area contributed by atoms with E-state index in [-0.39, 0.29) is 40.7 Å². The van der Waals surface area contributed by atoms with Crippen LogP contribution in [0.4, 0.5) is 26.1 Å². The van der Waals surface area contributed by atoms with Gasteiger partial charge in [0.1, 0.15) is 27.1 Å². The Kier molecular flexibility index (Phi) is 13.4. The lowest BCUT2D eigenvalue weighted by Gasteiger charge is -2.08. The predicted octanol–water partition coefficient (Wildman–Crippen LogP) is 4.03. The summed E-state index contributed by atoms with van der Waals surface area (Å²) in [5.41, 5.74) is 21.3. The highest BCUT2D eigenvalue weighted by molar-refractivity contribution is 7.89. The number of benzene rings is 4. The molecule has 0 atom stereocenters. The predicted molar refractivity (Wildman–Crippen MR) is 208 cm³/mol. The molecule has 0 aliphatic carbocycles. The molecule has 0 aliphatic heterocycles. The van der Waals surface area contributed by atoms with Gasteiger partial charge >= 0.3 is 5.97 Å². The molecule has 0 fully saturated rings. The first-order chi connectivity index (χ1) is 26.6. The summed E-state index contributed by atoms with van der Waals surface area (Å²) >= 11 is 0. The summed E-state index contributed by atoms with van der Waals surface area (Å²) in [6.07, 6.45) is 2.71. The van der Waals surface area contributed by atoms with Crippen molar-refractivity contribution in [2.75, 3.05) is 17.2 Å². The fourth-order valence-corrected chi connectivity index (χ4v) is 5.97. The summed E-state index contributed by atoms with van der Waals surface area (Å²) < 4.78 is 70.7. The lowest BCUT2D eigenvalue weighted by atomic mass is 10.1. The van der Waals surface area contributed by atoms with Gasteiger partial charge in [0, 0.05) is 23.2 Å². The van der Waals surface area contributed by atoms with Crippen molar-refractivity contribution in [2.24, 2.45) is 10.3 Å². The summed E-state index contributed by atoms with van der Waals surface area (Å²) in [6.45, 7) is 3.93. The Hall–Kier alpha value is -6.74. The first kappa shape index (κ1) is 43.0. The molecule has 2 heterocycles. The van der Waals surface area contributed by atoms with Crippen LogP contribution in [-0.4, -0.2) is 53.6 Å². The molecular weight excluding hydrogens is 785 g/mol. The molecule has 2 aromatic heterocycles. The Morgan fingerprint density at radius 3 is 1.47 bits per heavy atom. The van der Waals surface area contributed by atoms with Crippen LogP contribution in [0.2, 0.25) is 0 Å². The van der Waals surface area contributed by atoms with E-state index in [1.807, 2.05) is 62.4 Å². The van der Waals surface area contributed by atoms with Gasteiger partial charge in [-0.2, -0.15) is 0 Å². The number of carbonyl (C=O) groups excluding carboxylic acids is 1. The second-order valence-corrected chi connectivity index (χ2v) is 15.2. The number of sulfonamides is 2. The van der Waals surface area contributed by atoms with E-state index in [0.717, 1.165) is 46.5 Å². The van der Waals surface area contributed by atoms with Gasteiger partial charge in [-0.05, 0) is 49.7 Å². The maximum absolute atomic E-state index is 14.0. The van der Waals surface area contributed by atoms with Crippen LogP contribution in [0.5, 0.6) is 0 Å². The number of hydrogen-bond donors (Lipinski definition) is 6. The molecule has 0 bridgehead atoms. The van der Waals surface area contributed by atoms with Crippen molar-refractivity contribution in [2.45, 2.75) is 30.1 Å². The number of nitrogens with zero attached hydrogens (tertiary/aromatic N) is 4. The SMILES string of the molecule is Cc1ccc(-c2cnc(N)c(C(=O)Cc3ccc(S(N)(=O)=O)c(F)c3)n2)cc1.Cc1ccc(-c2cnc(N)c(C(=O)O)n2)cc1.Nc1ccc(S(N)(=O)=O)c(F)c1. The molecule has 0 spiro atoms. The first-order valence-corrected chi connectivity index (χ1v) is 19.3. The molecule has 0 unspecified atom stereocenters. The van der Waals surface area contributed by atoms with Crippen molar-refractivity contribution in [3.63, 3.8) is 0 Å². The Labute approximate surface area is 325 Å². The smallest absolute Gasteiger partial charge is 0.358 e. The highest BCUT2D eigenvalue weighted by atomic mass is 32.2. The van der Waals surface area contributed by atoms with Gasteiger partial charge in [-0.3, -0.25) is 4.79 Å². The lowest BCUT2D eigenvalue weighted by molar-refractivity contribution is 0.0691. The van der Waals surface area contributed by atoms with Gasteiger partial charge in [0.25, 0.3) is 0 Å². The molecule has 4 aromatic carbocycles. The van der Waals surface area contributed by atoms with Crippen molar-refractivity contribution in [3.8, 4) is 22.5 Å². The number of carbonyl (C=O) groups is 2. The van der Waals surface area contributed by atoms with Gasteiger partial charge in [0.05, 0.1) is 23.8 Å². The van der Waals surface area contributed by atoms with Crippen LogP contribution >= 0.6 is 0 Å². The Morgan fingerprint density at radius 2 is 1.05 bits per heavy atom. The van der Waals surface area contributed by atoms with E-state index in [2.05, 4.69) is 19.9 Å². The lowest BCUT2D eigenvalue weighted by Crippen LogP contribution is -2.15. The summed E-state index contributed by atoms with van der Waals surface area (Å²) in [4.78, 5) is 38.5. The van der Waals surface area contributed by atoms with Gasteiger partial charge in [0.2, 0.25) is 20.0 Å². The second-order valence-electron chi connectivity index (χ2n) is 12.2. The number of aromatic nitrogens is 4. The fraction of sp³-hybridized carbons (Fsp3) is 0.0811. The van der Waals surface area contributed by atoms with E-state index >= 15 is 0 Å². The Balaban J connectivity index is 0.000000210. The molecule has 0 radical (unpaired) electrons. The second kappa shape index (κ2) is 17.8. The number of aromatic carboxylic acids is 1. The highest BCUT2D eigenvalue weighted by Gasteiger charge is 2.19. The third kappa shape index (κ3) is 11.6. The third-order valence-corrected chi connectivity index (χ3v) is 9.58. The summed E-state index contributed by atoms with van der Waals surface area (Å²) in [7, 11) is -8.16. The molecule has 6 rings (SSSR count). The maximum atomic E-state index is 14.0. The van der Waals surface area contributed by atoms with Crippen LogP contribution in [0.15, 0.2) is 107 Å². The minimum atomic E-state index is -4.18. The van der Waals surface area contributed by atoms with Crippen LogP contribution in [0.1, 0.15) is 37.7 Å². The average Bonchev–Trinajstić information content (AvgIpc) is 3.12. The number of anilines is 3. The van der Waals surface area contributed by atoms with E-state index in [4.69, 9.17) is 32.6 Å². The zero-order chi connectivity index (χ0) is 42.2. The Morgan fingerprint density at radius 1 is 0.632 bits per heavy atom. The molecule has 16 nitrogen and oxygen atoms in total. The number of hydrogen-bond acceptors (Lipinski definition) is 13. The molecule has 57 heavy (non-hydrogen) atoms. The highest BCUT2D eigenvalue weighted by Crippen LogP contribution is 2.22. The fourth-order valence-electron chi connectivity index (χ4n) is 4.79. The minimum absolute atomic E-state index is 0.0333. The first-order valence-electron chi connectivity index (χ1n) is 16.2. The van der Waals surface area contributed by atoms with Gasteiger partial charge < -0.3 is 22.3 Å². The summed E-state index contributed by atoms with van der Waals surface area (Å²) in [5, 5.41) is 18.5. The summed E-state index contributed by atoms with van der Waals surface area (Å²) in [5.74, 6) is -3.72. The van der Waals surface area contributed by atoms with Crippen molar-refractivity contribution < 1.29 is 40.3 Å². The molecule has 6 aromatic rings. The van der Waals surface area contributed by atoms with Gasteiger partial charge in [0.15, 0.2) is 23.1 Å². The van der Waals surface area contributed by atoms with Gasteiger partial charge in [-0.1, -0.05) is 65.7 Å². The largest absolute Gasteiger partial charge is 0.476 e. The molecule has 0 saturated heterocycles. The van der Waals surface area contributed by atoms with E-state index in [9.17, 15) is 35.2 Å². The normalized spacial score (nSPS) is 11.1. The molecule has 20 heteroatoms. The van der Waals surface area contributed by atoms with Crippen LogP contribution in [0.25, 0.3) is 22.5 Å². The number of nitrogen functional groups attached to an aromatic ring is 3. The van der Waals surface area contributed by atoms with E-state index in [0.29, 0.717) is 11.4 Å². The monoisotopic (exact) mass is 819 g/mol. The number of carboxylic acids is 1. The number of nitrogens with two attached hydrogens (primary N) is 5. The van der Waals surface area contributed by atoms with Gasteiger partial charge in [-0.25, -0.2) is 60.6 Å². The number of carboxylic acid groups (broad SMARTS) is 1. The molecule has 0 amide bonds. The van der Waals surface area contributed by atoms with E-state index in [1.54, 1.807) is 0 Å². The number of rotatable bonds is 8. The third-order valence-electron chi connectivity index (χ3n) is 7.69. The molecule has 11 N–H and O–H groups in total. The quantitative estimate of drug-likeness (QED) is 0.0933. The zero-order valence-corrected chi connectivity index (χ0v) is 31.7. The molecular formula is C37H35F2N9O7S2. The maximum Gasteiger partial charge on any atom is 0.358 e. The molecule has 296 valence electrons. The van der Waals surface area contributed by atoms with E-state index < -0.39 is 53.2 Å². The number of Topliss-reactive ketones (excluding diaryl/α,β-unsaturated/α-hetero) is 1.